The van der Waals surface area contributed by atoms with E-state index in [0.29, 0.717) is 0 Å². The molecule has 0 radical (unpaired) electrons. The van der Waals surface area contributed by atoms with Gasteiger partial charge < -0.3 is 14.4 Å². The van der Waals surface area contributed by atoms with Crippen molar-refractivity contribution >= 4 is 7.80 Å². The van der Waals surface area contributed by atoms with Crippen molar-refractivity contribution in [3.63, 3.8) is 0 Å². The Morgan fingerprint density at radius 1 is 0.917 bits per heavy atom. The van der Waals surface area contributed by atoms with Gasteiger partial charge in [-0.3, -0.25) is 0 Å². The zero-order chi connectivity index (χ0) is 9.56. The molecule has 74 valence electrons. The maximum atomic E-state index is 11.4. The minimum atomic E-state index is -1.31. The third-order valence-corrected chi connectivity index (χ3v) is 3.24. The molecular formula is C8H21N2OP. The van der Waals surface area contributed by atoms with Crippen LogP contribution in [0.2, 0.25) is 0 Å². The molecule has 0 aromatic carbocycles. The molecule has 0 spiro atoms. The number of nitrogens with zero attached hydrogens (tertiary/aromatic N) is 2. The molecular weight excluding hydrogens is 171 g/mol. The molecule has 4 heteroatoms. The summed E-state index contributed by atoms with van der Waals surface area (Å²) in [5, 5.41) is 0. The lowest BCUT2D eigenvalue weighted by Gasteiger charge is -2.11. The van der Waals surface area contributed by atoms with Crippen LogP contribution in [0.4, 0.5) is 0 Å². The van der Waals surface area contributed by atoms with E-state index in [0.717, 1.165) is 25.4 Å². The fourth-order valence-electron chi connectivity index (χ4n) is 0.822. The minimum absolute atomic E-state index is 0.867. The Hall–Kier alpha value is 0.150. The quantitative estimate of drug-likeness (QED) is 0.578. The molecule has 0 aliphatic heterocycles. The predicted octanol–water partition coefficient (Wildman–Crippen LogP) is 0.669. The Balaban J connectivity index is 3.34. The lowest BCUT2D eigenvalue weighted by molar-refractivity contribution is 0.425. The van der Waals surface area contributed by atoms with Gasteiger partial charge in [-0.25, -0.2) is 0 Å². The zero-order valence-corrected chi connectivity index (χ0v) is 9.63. The van der Waals surface area contributed by atoms with Crippen LogP contribution in [0.1, 0.15) is 0 Å². The first-order valence-electron chi connectivity index (χ1n) is 4.33. The van der Waals surface area contributed by atoms with Crippen molar-refractivity contribution in [3.05, 3.63) is 0 Å². The summed E-state index contributed by atoms with van der Waals surface area (Å²) in [6, 6.07) is 0. The van der Waals surface area contributed by atoms with Gasteiger partial charge >= 0.3 is 0 Å². The Morgan fingerprint density at radius 3 is 1.50 bits per heavy atom. The first kappa shape index (κ1) is 12.2. The Kier molecular flexibility index (Phi) is 6.73. The van der Waals surface area contributed by atoms with Crippen molar-refractivity contribution in [2.24, 2.45) is 0 Å². The van der Waals surface area contributed by atoms with Gasteiger partial charge in [0, 0.05) is 25.4 Å². The smallest absolute Gasteiger partial charge is 0.0787 e. The van der Waals surface area contributed by atoms with Gasteiger partial charge in [-0.1, -0.05) is 0 Å². The third-order valence-electron chi connectivity index (χ3n) is 1.68. The van der Waals surface area contributed by atoms with Gasteiger partial charge in [0.15, 0.2) is 0 Å². The van der Waals surface area contributed by atoms with Crippen LogP contribution in [-0.4, -0.2) is 63.4 Å². The number of rotatable bonds is 6. The van der Waals surface area contributed by atoms with E-state index in [-0.39, 0.29) is 0 Å². The lowest BCUT2D eigenvalue weighted by atomic mass is 10.7. The van der Waals surface area contributed by atoms with E-state index in [1.807, 2.05) is 28.2 Å². The fourth-order valence-corrected chi connectivity index (χ4v) is 2.46. The maximum Gasteiger partial charge on any atom is 0.0787 e. The predicted molar refractivity (Wildman–Crippen MR) is 55.8 cm³/mol. The van der Waals surface area contributed by atoms with Crippen LogP contribution in [0.5, 0.6) is 0 Å². The van der Waals surface area contributed by atoms with Crippen LogP contribution in [0.15, 0.2) is 0 Å². The van der Waals surface area contributed by atoms with Crippen LogP contribution in [0, 0.1) is 0 Å². The van der Waals surface area contributed by atoms with Crippen molar-refractivity contribution in [3.8, 4) is 0 Å². The highest BCUT2D eigenvalue weighted by atomic mass is 31.1. The monoisotopic (exact) mass is 192 g/mol. The topological polar surface area (TPSA) is 23.6 Å². The zero-order valence-electron chi connectivity index (χ0n) is 8.63. The highest BCUT2D eigenvalue weighted by molar-refractivity contribution is 7.44. The van der Waals surface area contributed by atoms with E-state index in [1.54, 1.807) is 0 Å². The molecule has 0 N–H and O–H groups in total. The molecule has 0 saturated carbocycles. The molecule has 3 nitrogen and oxygen atoms in total. The highest BCUT2D eigenvalue weighted by Gasteiger charge is 2.00. The van der Waals surface area contributed by atoms with E-state index in [2.05, 4.69) is 9.80 Å². The van der Waals surface area contributed by atoms with Gasteiger partial charge in [0.05, 0.1) is 7.80 Å². The SMILES string of the molecule is CN(C)CC[PH](=O)CCN(C)C. The summed E-state index contributed by atoms with van der Waals surface area (Å²) in [6.45, 7) is 1.90. The van der Waals surface area contributed by atoms with E-state index in [9.17, 15) is 4.57 Å². The average Bonchev–Trinajstić information content (AvgIpc) is 1.96. The third kappa shape index (κ3) is 8.25. The van der Waals surface area contributed by atoms with E-state index >= 15 is 0 Å². The van der Waals surface area contributed by atoms with Crippen molar-refractivity contribution in [2.45, 2.75) is 0 Å². The molecule has 0 aromatic rings. The van der Waals surface area contributed by atoms with Crippen LogP contribution >= 0.6 is 7.80 Å². The molecule has 0 aromatic heterocycles. The average molecular weight is 192 g/mol. The van der Waals surface area contributed by atoms with Crippen molar-refractivity contribution in [1.29, 1.82) is 0 Å². The summed E-state index contributed by atoms with van der Waals surface area (Å²) in [6.07, 6.45) is 1.73. The van der Waals surface area contributed by atoms with Gasteiger partial charge in [0.1, 0.15) is 0 Å². The minimum Gasteiger partial charge on any atom is -0.327 e. The molecule has 12 heavy (non-hydrogen) atoms. The maximum absolute atomic E-state index is 11.4. The molecule has 0 bridgehead atoms. The highest BCUT2D eigenvalue weighted by Crippen LogP contribution is 2.18. The molecule has 0 saturated heterocycles. The van der Waals surface area contributed by atoms with Crippen molar-refractivity contribution in [1.82, 2.24) is 9.80 Å². The lowest BCUT2D eigenvalue weighted by Crippen LogP contribution is -2.18. The fraction of sp³-hybridized carbons (Fsp3) is 1.00. The first-order chi connectivity index (χ1) is 5.52. The van der Waals surface area contributed by atoms with Crippen LogP contribution < -0.4 is 0 Å². The van der Waals surface area contributed by atoms with Gasteiger partial charge in [-0.15, -0.1) is 0 Å². The summed E-state index contributed by atoms with van der Waals surface area (Å²) in [7, 11) is 6.75. The Labute approximate surface area is 76.5 Å². The molecule has 0 aliphatic rings. The molecule has 0 heterocycles. The van der Waals surface area contributed by atoms with E-state index in [4.69, 9.17) is 0 Å². The number of hydrogen-bond acceptors (Lipinski definition) is 3. The number of hydrogen-bond donors (Lipinski definition) is 0. The van der Waals surface area contributed by atoms with Crippen molar-refractivity contribution in [2.75, 3.05) is 53.6 Å². The van der Waals surface area contributed by atoms with Crippen LogP contribution in [0.3, 0.4) is 0 Å². The van der Waals surface area contributed by atoms with Crippen LogP contribution in [-0.2, 0) is 4.57 Å². The summed E-state index contributed by atoms with van der Waals surface area (Å²) < 4.78 is 11.4. The summed E-state index contributed by atoms with van der Waals surface area (Å²) in [5.41, 5.74) is 0. The summed E-state index contributed by atoms with van der Waals surface area (Å²) in [5.74, 6) is 0. The summed E-state index contributed by atoms with van der Waals surface area (Å²) in [4.78, 5) is 4.16. The summed E-state index contributed by atoms with van der Waals surface area (Å²) >= 11 is 0. The first-order valence-corrected chi connectivity index (χ1v) is 6.16. The van der Waals surface area contributed by atoms with Gasteiger partial charge in [-0.2, -0.15) is 0 Å². The second-order valence-electron chi connectivity index (χ2n) is 3.65. The molecule has 0 aliphatic carbocycles. The van der Waals surface area contributed by atoms with E-state index < -0.39 is 7.80 Å². The standard InChI is InChI=1S/C8H21N2OP/c1-9(2)5-7-12(11)8-6-10(3)4/h12H,5-8H2,1-4H3. The molecule has 0 amide bonds. The van der Waals surface area contributed by atoms with Crippen LogP contribution in [0.25, 0.3) is 0 Å². The molecule has 0 unspecified atom stereocenters. The van der Waals surface area contributed by atoms with Gasteiger partial charge in [0.2, 0.25) is 0 Å². The van der Waals surface area contributed by atoms with Crippen molar-refractivity contribution < 1.29 is 4.57 Å². The Bertz CT molecular complexity index is 123. The second kappa shape index (κ2) is 6.64. The van der Waals surface area contributed by atoms with Gasteiger partial charge in [0.25, 0.3) is 0 Å². The molecule has 0 fully saturated rings. The molecule has 0 rings (SSSR count). The van der Waals surface area contributed by atoms with E-state index in [1.165, 1.54) is 0 Å². The second-order valence-corrected chi connectivity index (χ2v) is 5.72. The largest absolute Gasteiger partial charge is 0.327 e. The molecule has 0 atom stereocenters. The van der Waals surface area contributed by atoms with Gasteiger partial charge in [-0.05, 0) is 28.2 Å². The normalized spacial score (nSPS) is 11.9. The Morgan fingerprint density at radius 2 is 1.25 bits per heavy atom.